The number of amides is 1. The Kier molecular flexibility index (Phi) is 7.38. The summed E-state index contributed by atoms with van der Waals surface area (Å²) in [6.45, 7) is -0.381. The molecule has 0 saturated carbocycles. The van der Waals surface area contributed by atoms with Crippen molar-refractivity contribution in [2.24, 2.45) is 0 Å². The van der Waals surface area contributed by atoms with Crippen LogP contribution in [-0.4, -0.2) is 52.6 Å². The monoisotopic (exact) mass is 445 g/mol. The van der Waals surface area contributed by atoms with Gasteiger partial charge in [-0.2, -0.15) is 13.2 Å². The number of tetrazole rings is 1. The summed E-state index contributed by atoms with van der Waals surface area (Å²) in [7, 11) is 1.45. The Morgan fingerprint density at radius 2 is 2.04 bits per heavy atom. The minimum atomic E-state index is -4.47. The van der Waals surface area contributed by atoms with E-state index in [1.54, 1.807) is 0 Å². The van der Waals surface area contributed by atoms with Crippen molar-refractivity contribution < 1.29 is 31.8 Å². The highest BCUT2D eigenvalue weighted by molar-refractivity contribution is 6.39. The van der Waals surface area contributed by atoms with Crippen LogP contribution in [0.5, 0.6) is 5.75 Å². The van der Waals surface area contributed by atoms with Crippen LogP contribution in [0.4, 0.5) is 23.5 Å². The SMILES string of the molecule is COCCn1nnnc1NC(=O)c1c(F)cc(Cl)c(OCCC(F)(F)F)c1Cl. The number of methoxy groups -OCH3 is 1. The van der Waals surface area contributed by atoms with Gasteiger partial charge < -0.3 is 9.47 Å². The average molecular weight is 446 g/mol. The maximum atomic E-state index is 14.2. The van der Waals surface area contributed by atoms with Crippen molar-refractivity contribution in [2.75, 3.05) is 25.6 Å². The number of halogens is 6. The standard InChI is InChI=1S/C14H13Cl2F4N5O3/c1-27-5-3-25-13(22-23-24-25)21-12(26)9-8(17)6-7(15)11(10(9)16)28-4-2-14(18,19)20/h6H,2-5H2,1H3,(H,21,22,24,26). The van der Waals surface area contributed by atoms with E-state index in [1.807, 2.05) is 0 Å². The lowest BCUT2D eigenvalue weighted by atomic mass is 10.2. The molecule has 8 nitrogen and oxygen atoms in total. The van der Waals surface area contributed by atoms with Crippen LogP contribution in [0, 0.1) is 5.82 Å². The molecule has 28 heavy (non-hydrogen) atoms. The van der Waals surface area contributed by atoms with Gasteiger partial charge in [-0.15, -0.1) is 0 Å². The molecule has 0 aliphatic heterocycles. The fourth-order valence-electron chi connectivity index (χ4n) is 1.97. The second kappa shape index (κ2) is 9.34. The van der Waals surface area contributed by atoms with Gasteiger partial charge in [0.05, 0.1) is 41.8 Å². The number of hydrogen-bond acceptors (Lipinski definition) is 6. The molecule has 1 aromatic heterocycles. The number of carbonyl (C=O) groups is 1. The van der Waals surface area contributed by atoms with E-state index in [0.717, 1.165) is 0 Å². The summed E-state index contributed by atoms with van der Waals surface area (Å²) in [5.41, 5.74) is -0.686. The number of nitrogens with zero attached hydrogens (tertiary/aromatic N) is 4. The molecule has 1 heterocycles. The molecule has 1 amide bonds. The molecule has 0 unspecified atom stereocenters. The van der Waals surface area contributed by atoms with Crippen LogP contribution in [0.3, 0.4) is 0 Å². The smallest absolute Gasteiger partial charge is 0.392 e. The lowest BCUT2D eigenvalue weighted by molar-refractivity contribution is -0.139. The van der Waals surface area contributed by atoms with Gasteiger partial charge in [-0.05, 0) is 16.5 Å². The molecule has 0 saturated heterocycles. The van der Waals surface area contributed by atoms with Crippen molar-refractivity contribution >= 4 is 35.1 Å². The van der Waals surface area contributed by atoms with Crippen LogP contribution in [0.2, 0.25) is 10.0 Å². The first-order valence-electron chi connectivity index (χ1n) is 7.57. The van der Waals surface area contributed by atoms with Crippen LogP contribution in [0.25, 0.3) is 0 Å². The van der Waals surface area contributed by atoms with E-state index < -0.39 is 47.3 Å². The molecule has 14 heteroatoms. The molecule has 0 spiro atoms. The molecular formula is C14H13Cl2F4N5O3. The second-order valence-electron chi connectivity index (χ2n) is 5.24. The molecule has 154 valence electrons. The molecule has 0 bridgehead atoms. The van der Waals surface area contributed by atoms with Crippen molar-refractivity contribution in [1.82, 2.24) is 20.2 Å². The van der Waals surface area contributed by atoms with Gasteiger partial charge in [-0.3, -0.25) is 10.1 Å². The van der Waals surface area contributed by atoms with Crippen LogP contribution >= 0.6 is 23.2 Å². The number of ether oxygens (including phenoxy) is 2. The number of aromatic nitrogens is 4. The molecule has 0 radical (unpaired) electrons. The summed E-state index contributed by atoms with van der Waals surface area (Å²) in [4.78, 5) is 12.4. The Hall–Kier alpha value is -2.18. The van der Waals surface area contributed by atoms with Gasteiger partial charge in [0.2, 0.25) is 5.95 Å². The van der Waals surface area contributed by atoms with Crippen LogP contribution in [0.15, 0.2) is 6.07 Å². The minimum Gasteiger partial charge on any atom is -0.490 e. The second-order valence-corrected chi connectivity index (χ2v) is 6.03. The largest absolute Gasteiger partial charge is 0.490 e. The van der Waals surface area contributed by atoms with E-state index in [4.69, 9.17) is 32.7 Å². The first kappa shape index (κ1) is 22.1. The van der Waals surface area contributed by atoms with Crippen LogP contribution in [-0.2, 0) is 11.3 Å². The third kappa shape index (κ3) is 5.66. The van der Waals surface area contributed by atoms with Crippen molar-refractivity contribution in [2.45, 2.75) is 19.1 Å². The number of anilines is 1. The number of benzene rings is 1. The normalized spacial score (nSPS) is 11.5. The number of alkyl halides is 3. The van der Waals surface area contributed by atoms with E-state index >= 15 is 0 Å². The molecule has 0 atom stereocenters. The number of hydrogen-bond donors (Lipinski definition) is 1. The molecule has 0 aliphatic rings. The number of carbonyl (C=O) groups excluding carboxylic acids is 1. The van der Waals surface area contributed by atoms with E-state index in [1.165, 1.54) is 11.8 Å². The molecule has 0 fully saturated rings. The van der Waals surface area contributed by atoms with Gasteiger partial charge in [0.15, 0.2) is 5.75 Å². The van der Waals surface area contributed by atoms with Gasteiger partial charge in [-0.25, -0.2) is 9.07 Å². The maximum Gasteiger partial charge on any atom is 0.392 e. The zero-order valence-corrected chi connectivity index (χ0v) is 15.7. The van der Waals surface area contributed by atoms with Crippen molar-refractivity contribution in [1.29, 1.82) is 0 Å². The van der Waals surface area contributed by atoms with Crippen molar-refractivity contribution in [3.63, 3.8) is 0 Å². The van der Waals surface area contributed by atoms with E-state index in [2.05, 4.69) is 20.8 Å². The van der Waals surface area contributed by atoms with Gasteiger partial charge in [-0.1, -0.05) is 28.3 Å². The fraction of sp³-hybridized carbons (Fsp3) is 0.429. The van der Waals surface area contributed by atoms with E-state index in [-0.39, 0.29) is 24.1 Å². The lowest BCUT2D eigenvalue weighted by Crippen LogP contribution is -2.20. The zero-order valence-electron chi connectivity index (χ0n) is 14.2. The molecule has 2 aromatic rings. The summed E-state index contributed by atoms with van der Waals surface area (Å²) in [5, 5.41) is 11.9. The molecule has 0 aliphatic carbocycles. The summed E-state index contributed by atoms with van der Waals surface area (Å²) in [6, 6.07) is 0.708. The predicted molar refractivity (Wildman–Crippen MR) is 90.2 cm³/mol. The summed E-state index contributed by atoms with van der Waals surface area (Å²) in [6.07, 6.45) is -5.76. The van der Waals surface area contributed by atoms with Gasteiger partial charge in [0.1, 0.15) is 5.82 Å². The lowest BCUT2D eigenvalue weighted by Gasteiger charge is -2.14. The minimum absolute atomic E-state index is 0.119. The topological polar surface area (TPSA) is 91.2 Å². The zero-order chi connectivity index (χ0) is 20.9. The summed E-state index contributed by atoms with van der Waals surface area (Å²) < 4.78 is 62.0. The molecule has 1 aromatic carbocycles. The highest BCUT2D eigenvalue weighted by atomic mass is 35.5. The number of rotatable bonds is 8. The Morgan fingerprint density at radius 1 is 1.32 bits per heavy atom. The van der Waals surface area contributed by atoms with E-state index in [0.29, 0.717) is 6.07 Å². The Labute approximate surface area is 165 Å². The highest BCUT2D eigenvalue weighted by Crippen LogP contribution is 2.38. The Bertz CT molecular complexity index is 847. The van der Waals surface area contributed by atoms with Crippen LogP contribution < -0.4 is 10.1 Å². The van der Waals surface area contributed by atoms with Gasteiger partial charge in [0, 0.05) is 7.11 Å². The predicted octanol–water partition coefficient (Wildman–Crippen LogP) is 3.35. The first-order chi connectivity index (χ1) is 13.1. The quantitative estimate of drug-likeness (QED) is 0.626. The maximum absolute atomic E-state index is 14.2. The van der Waals surface area contributed by atoms with Crippen molar-refractivity contribution in [3.8, 4) is 5.75 Å². The summed E-state index contributed by atoms with van der Waals surface area (Å²) in [5.74, 6) is -2.72. The third-order valence-corrected chi connectivity index (χ3v) is 3.89. The molecule has 2 rings (SSSR count). The third-order valence-electron chi connectivity index (χ3n) is 3.25. The van der Waals surface area contributed by atoms with Gasteiger partial charge in [0.25, 0.3) is 5.91 Å². The average Bonchev–Trinajstić information content (AvgIpc) is 3.01. The first-order valence-corrected chi connectivity index (χ1v) is 8.33. The van der Waals surface area contributed by atoms with E-state index in [9.17, 15) is 22.4 Å². The number of nitrogens with one attached hydrogen (secondary N) is 1. The van der Waals surface area contributed by atoms with Crippen LogP contribution in [0.1, 0.15) is 16.8 Å². The fourth-order valence-corrected chi connectivity index (χ4v) is 2.59. The van der Waals surface area contributed by atoms with Gasteiger partial charge >= 0.3 is 6.18 Å². The van der Waals surface area contributed by atoms with Crippen molar-refractivity contribution in [3.05, 3.63) is 27.5 Å². The highest BCUT2D eigenvalue weighted by Gasteiger charge is 2.28. The Balaban J connectivity index is 2.23. The Morgan fingerprint density at radius 3 is 2.68 bits per heavy atom. The molecular weight excluding hydrogens is 433 g/mol. The summed E-state index contributed by atoms with van der Waals surface area (Å²) >= 11 is 11.7. The molecule has 1 N–H and O–H groups in total.